The zero-order chi connectivity index (χ0) is 12.0. The Hall–Kier alpha value is -0.350. The van der Waals surface area contributed by atoms with E-state index in [0.29, 0.717) is 0 Å². The maximum absolute atomic E-state index is 6.21. The highest BCUT2D eigenvalue weighted by molar-refractivity contribution is 9.10. The summed E-state index contributed by atoms with van der Waals surface area (Å²) < 4.78 is 3.02. The monoisotopic (exact) mass is 287 g/mol. The van der Waals surface area contributed by atoms with Crippen LogP contribution in [0.4, 0.5) is 0 Å². The highest BCUT2D eigenvalue weighted by Gasteiger charge is 2.15. The second-order valence-corrected chi connectivity index (χ2v) is 5.00. The molecule has 2 N–H and O–H groups in total. The zero-order valence-electron chi connectivity index (χ0n) is 10.2. The molecule has 1 aromatic rings. The Morgan fingerprint density at radius 2 is 2.12 bits per heavy atom. The van der Waals surface area contributed by atoms with Gasteiger partial charge in [-0.15, -0.1) is 0 Å². The summed E-state index contributed by atoms with van der Waals surface area (Å²) in [6, 6.07) is 0.105. The van der Waals surface area contributed by atoms with Crippen LogP contribution in [0.1, 0.15) is 57.7 Å². The van der Waals surface area contributed by atoms with E-state index in [1.165, 1.54) is 25.7 Å². The zero-order valence-corrected chi connectivity index (χ0v) is 11.8. The van der Waals surface area contributed by atoms with Crippen molar-refractivity contribution in [2.24, 2.45) is 5.73 Å². The first-order chi connectivity index (χ1) is 7.70. The van der Waals surface area contributed by atoms with Gasteiger partial charge >= 0.3 is 0 Å². The summed E-state index contributed by atoms with van der Waals surface area (Å²) in [4.78, 5) is 0. The van der Waals surface area contributed by atoms with E-state index in [0.717, 1.165) is 23.1 Å². The van der Waals surface area contributed by atoms with E-state index in [1.807, 2.05) is 10.9 Å². The fraction of sp³-hybridized carbons (Fsp3) is 0.750. The first kappa shape index (κ1) is 13.7. The average molecular weight is 288 g/mol. The molecule has 0 aliphatic carbocycles. The molecule has 0 amide bonds. The Kier molecular flexibility index (Phi) is 6.06. The van der Waals surface area contributed by atoms with Gasteiger partial charge in [-0.05, 0) is 29.3 Å². The van der Waals surface area contributed by atoms with Crippen LogP contribution < -0.4 is 5.73 Å². The standard InChI is InChI=1S/C12H22BrN3/c1-3-5-6-7-8-11(14)12-10(13)9-15-16(12)4-2/h9,11H,3-8,14H2,1-2H3. The third kappa shape index (κ3) is 3.59. The molecule has 92 valence electrons. The summed E-state index contributed by atoms with van der Waals surface area (Å²) in [7, 11) is 0. The second-order valence-electron chi connectivity index (χ2n) is 4.15. The number of nitrogens with two attached hydrogens (primary N) is 1. The molecule has 3 nitrogen and oxygen atoms in total. The van der Waals surface area contributed by atoms with Crippen LogP contribution >= 0.6 is 15.9 Å². The predicted molar refractivity (Wildman–Crippen MR) is 71.3 cm³/mol. The first-order valence-electron chi connectivity index (χ1n) is 6.17. The molecule has 0 aliphatic rings. The van der Waals surface area contributed by atoms with Gasteiger partial charge < -0.3 is 5.73 Å². The largest absolute Gasteiger partial charge is 0.323 e. The van der Waals surface area contributed by atoms with E-state index in [4.69, 9.17) is 5.73 Å². The van der Waals surface area contributed by atoms with Crippen LogP contribution in [-0.4, -0.2) is 9.78 Å². The summed E-state index contributed by atoms with van der Waals surface area (Å²) in [5, 5.41) is 4.29. The smallest absolute Gasteiger partial charge is 0.0693 e. The average Bonchev–Trinajstić information content (AvgIpc) is 2.65. The van der Waals surface area contributed by atoms with Crippen molar-refractivity contribution in [2.75, 3.05) is 0 Å². The third-order valence-electron chi connectivity index (χ3n) is 2.85. The number of aromatic nitrogens is 2. The topological polar surface area (TPSA) is 43.8 Å². The highest BCUT2D eigenvalue weighted by Crippen LogP contribution is 2.25. The van der Waals surface area contributed by atoms with Crippen molar-refractivity contribution in [1.82, 2.24) is 9.78 Å². The van der Waals surface area contributed by atoms with Crippen LogP contribution in [0.3, 0.4) is 0 Å². The number of nitrogens with zero attached hydrogens (tertiary/aromatic N) is 2. The fourth-order valence-corrected chi connectivity index (χ4v) is 2.51. The van der Waals surface area contributed by atoms with Crippen molar-refractivity contribution in [3.8, 4) is 0 Å². The van der Waals surface area contributed by atoms with E-state index in [9.17, 15) is 0 Å². The molecule has 1 unspecified atom stereocenters. The lowest BCUT2D eigenvalue weighted by molar-refractivity contribution is 0.514. The van der Waals surface area contributed by atoms with Gasteiger partial charge in [-0.25, -0.2) is 0 Å². The van der Waals surface area contributed by atoms with Crippen LogP contribution in [0.25, 0.3) is 0 Å². The highest BCUT2D eigenvalue weighted by atomic mass is 79.9. The number of hydrogen-bond donors (Lipinski definition) is 1. The normalized spacial score (nSPS) is 13.0. The second kappa shape index (κ2) is 7.07. The molecule has 16 heavy (non-hydrogen) atoms. The Bertz CT molecular complexity index is 309. The Labute approximate surface area is 107 Å². The maximum atomic E-state index is 6.21. The fourth-order valence-electron chi connectivity index (χ4n) is 1.92. The van der Waals surface area contributed by atoms with Gasteiger partial charge in [0.1, 0.15) is 0 Å². The van der Waals surface area contributed by atoms with Gasteiger partial charge in [0.25, 0.3) is 0 Å². The molecule has 0 saturated heterocycles. The maximum Gasteiger partial charge on any atom is 0.0693 e. The van der Waals surface area contributed by atoms with Crippen molar-refractivity contribution < 1.29 is 0 Å². The summed E-state index contributed by atoms with van der Waals surface area (Å²) in [6.45, 7) is 5.19. The number of aryl methyl sites for hydroxylation is 1. The summed E-state index contributed by atoms with van der Waals surface area (Å²) in [6.07, 6.45) is 7.94. The van der Waals surface area contributed by atoms with Gasteiger partial charge in [0.15, 0.2) is 0 Å². The lowest BCUT2D eigenvalue weighted by atomic mass is 10.1. The molecule has 0 aliphatic heterocycles. The van der Waals surface area contributed by atoms with E-state index in [-0.39, 0.29) is 6.04 Å². The lowest BCUT2D eigenvalue weighted by Gasteiger charge is -2.14. The van der Waals surface area contributed by atoms with Gasteiger partial charge in [0.05, 0.1) is 16.4 Å². The van der Waals surface area contributed by atoms with E-state index < -0.39 is 0 Å². The minimum Gasteiger partial charge on any atom is -0.323 e. The quantitative estimate of drug-likeness (QED) is 0.778. The Balaban J connectivity index is 2.51. The molecule has 0 fully saturated rings. The number of hydrogen-bond acceptors (Lipinski definition) is 2. The summed E-state index contributed by atoms with van der Waals surface area (Å²) in [5.74, 6) is 0. The number of unbranched alkanes of at least 4 members (excludes halogenated alkanes) is 3. The van der Waals surface area contributed by atoms with Crippen LogP contribution in [0.2, 0.25) is 0 Å². The molecule has 0 radical (unpaired) electrons. The Morgan fingerprint density at radius 3 is 2.75 bits per heavy atom. The van der Waals surface area contributed by atoms with Gasteiger partial charge in [0.2, 0.25) is 0 Å². The predicted octanol–water partition coefficient (Wildman–Crippen LogP) is 3.64. The minimum atomic E-state index is 0.105. The molecule has 0 spiro atoms. The van der Waals surface area contributed by atoms with E-state index in [1.54, 1.807) is 0 Å². The molecule has 4 heteroatoms. The van der Waals surface area contributed by atoms with Crippen LogP contribution in [0.15, 0.2) is 10.7 Å². The molecule has 1 rings (SSSR count). The van der Waals surface area contributed by atoms with Crippen LogP contribution in [0.5, 0.6) is 0 Å². The van der Waals surface area contributed by atoms with Crippen LogP contribution in [0, 0.1) is 0 Å². The van der Waals surface area contributed by atoms with Crippen molar-refractivity contribution in [3.05, 3.63) is 16.4 Å². The molecule has 1 aromatic heterocycles. The molecular formula is C12H22BrN3. The van der Waals surface area contributed by atoms with Crippen LogP contribution in [-0.2, 0) is 6.54 Å². The molecule has 0 saturated carbocycles. The Morgan fingerprint density at radius 1 is 1.38 bits per heavy atom. The van der Waals surface area contributed by atoms with E-state index >= 15 is 0 Å². The van der Waals surface area contributed by atoms with Crippen molar-refractivity contribution >= 4 is 15.9 Å². The molecule has 0 aromatic carbocycles. The molecule has 0 bridgehead atoms. The summed E-state index contributed by atoms with van der Waals surface area (Å²) in [5.41, 5.74) is 7.35. The minimum absolute atomic E-state index is 0.105. The third-order valence-corrected chi connectivity index (χ3v) is 3.46. The van der Waals surface area contributed by atoms with Crippen molar-refractivity contribution in [3.63, 3.8) is 0 Å². The number of halogens is 1. The van der Waals surface area contributed by atoms with Crippen molar-refractivity contribution in [2.45, 2.75) is 58.5 Å². The molecule has 1 atom stereocenters. The molecule has 1 heterocycles. The molecular weight excluding hydrogens is 266 g/mol. The van der Waals surface area contributed by atoms with Gasteiger partial charge in [-0.1, -0.05) is 32.6 Å². The SMILES string of the molecule is CCCCCCC(N)c1c(Br)cnn1CC. The van der Waals surface area contributed by atoms with Gasteiger partial charge in [-0.3, -0.25) is 4.68 Å². The number of rotatable bonds is 7. The van der Waals surface area contributed by atoms with E-state index in [2.05, 4.69) is 34.9 Å². The summed E-state index contributed by atoms with van der Waals surface area (Å²) >= 11 is 3.52. The van der Waals surface area contributed by atoms with Gasteiger partial charge in [0, 0.05) is 12.6 Å². The first-order valence-corrected chi connectivity index (χ1v) is 6.96. The van der Waals surface area contributed by atoms with Gasteiger partial charge in [-0.2, -0.15) is 5.10 Å². The lowest BCUT2D eigenvalue weighted by Crippen LogP contribution is -2.16. The van der Waals surface area contributed by atoms with Crippen molar-refractivity contribution in [1.29, 1.82) is 0 Å².